The molecule has 0 bridgehead atoms. The van der Waals surface area contributed by atoms with Gasteiger partial charge in [-0.3, -0.25) is 9.52 Å². The van der Waals surface area contributed by atoms with E-state index in [0.717, 1.165) is 13.1 Å². The SMILES string of the molecule is Cc1cc(NS(=O)(=O)c2ccc(NC(=O)c3ccc(N4CCOCC4)nn3)cc2)nc(C)n1. The maximum atomic E-state index is 12.7. The van der Waals surface area contributed by atoms with Crippen LogP contribution in [0.25, 0.3) is 0 Å². The number of nitrogens with zero attached hydrogens (tertiary/aromatic N) is 5. The van der Waals surface area contributed by atoms with E-state index in [1.54, 1.807) is 32.0 Å². The van der Waals surface area contributed by atoms with Gasteiger partial charge in [-0.05, 0) is 50.2 Å². The molecule has 0 unspecified atom stereocenters. The summed E-state index contributed by atoms with van der Waals surface area (Å²) in [4.78, 5) is 22.8. The van der Waals surface area contributed by atoms with Gasteiger partial charge in [-0.1, -0.05) is 0 Å². The van der Waals surface area contributed by atoms with Crippen LogP contribution in [0.1, 0.15) is 22.0 Å². The second-order valence-electron chi connectivity index (χ2n) is 7.40. The number of hydrogen-bond donors (Lipinski definition) is 2. The van der Waals surface area contributed by atoms with Crippen molar-refractivity contribution in [2.75, 3.05) is 41.2 Å². The lowest BCUT2D eigenvalue weighted by Gasteiger charge is -2.27. The van der Waals surface area contributed by atoms with E-state index in [1.807, 2.05) is 4.90 Å². The fourth-order valence-electron chi connectivity index (χ4n) is 3.29. The van der Waals surface area contributed by atoms with Crippen LogP contribution in [0.2, 0.25) is 0 Å². The van der Waals surface area contributed by atoms with E-state index in [2.05, 4.69) is 30.2 Å². The van der Waals surface area contributed by atoms with Crippen LogP contribution in [0.3, 0.4) is 0 Å². The van der Waals surface area contributed by atoms with Gasteiger partial charge >= 0.3 is 0 Å². The van der Waals surface area contributed by atoms with Crippen molar-refractivity contribution in [2.24, 2.45) is 0 Å². The molecule has 1 aromatic carbocycles. The number of morpholine rings is 1. The molecule has 1 aliphatic heterocycles. The molecule has 11 nitrogen and oxygen atoms in total. The van der Waals surface area contributed by atoms with Gasteiger partial charge < -0.3 is 15.0 Å². The highest BCUT2D eigenvalue weighted by atomic mass is 32.2. The zero-order chi connectivity index (χ0) is 23.4. The van der Waals surface area contributed by atoms with Crippen molar-refractivity contribution in [2.45, 2.75) is 18.7 Å². The minimum atomic E-state index is -3.85. The van der Waals surface area contributed by atoms with Crippen LogP contribution >= 0.6 is 0 Å². The van der Waals surface area contributed by atoms with Crippen molar-refractivity contribution in [1.29, 1.82) is 0 Å². The fraction of sp³-hybridized carbons (Fsp3) is 0.286. The van der Waals surface area contributed by atoms with Gasteiger partial charge in [0.05, 0.1) is 18.1 Å². The number of benzene rings is 1. The van der Waals surface area contributed by atoms with Gasteiger partial charge in [-0.2, -0.15) is 0 Å². The Labute approximate surface area is 191 Å². The number of anilines is 3. The summed E-state index contributed by atoms with van der Waals surface area (Å²) < 4.78 is 33.1. The highest BCUT2D eigenvalue weighted by Gasteiger charge is 2.17. The first-order chi connectivity index (χ1) is 15.8. The van der Waals surface area contributed by atoms with Crippen LogP contribution in [-0.4, -0.2) is 60.8 Å². The number of hydrogen-bond acceptors (Lipinski definition) is 9. The van der Waals surface area contributed by atoms with Crippen LogP contribution in [-0.2, 0) is 14.8 Å². The number of rotatable bonds is 6. The fourth-order valence-corrected chi connectivity index (χ4v) is 4.28. The van der Waals surface area contributed by atoms with Gasteiger partial charge in [-0.25, -0.2) is 18.4 Å². The lowest BCUT2D eigenvalue weighted by molar-refractivity contribution is 0.102. The van der Waals surface area contributed by atoms with Crippen LogP contribution in [0, 0.1) is 13.8 Å². The molecule has 2 aromatic heterocycles. The molecule has 1 aliphatic rings. The Morgan fingerprint density at radius 1 is 1.00 bits per heavy atom. The predicted octanol–water partition coefficient (Wildman–Crippen LogP) is 1.77. The smallest absolute Gasteiger partial charge is 0.276 e. The van der Waals surface area contributed by atoms with E-state index in [0.29, 0.717) is 36.2 Å². The molecule has 4 rings (SSSR count). The summed E-state index contributed by atoms with van der Waals surface area (Å²) in [5, 5.41) is 10.8. The van der Waals surface area contributed by atoms with E-state index < -0.39 is 15.9 Å². The van der Waals surface area contributed by atoms with Crippen molar-refractivity contribution in [3.05, 3.63) is 59.7 Å². The molecule has 1 amide bonds. The second-order valence-corrected chi connectivity index (χ2v) is 9.08. The van der Waals surface area contributed by atoms with E-state index in [4.69, 9.17) is 4.74 Å². The first-order valence-corrected chi connectivity index (χ1v) is 11.7. The molecule has 0 saturated carbocycles. The quantitative estimate of drug-likeness (QED) is 0.553. The third-order valence-electron chi connectivity index (χ3n) is 4.85. The van der Waals surface area contributed by atoms with Gasteiger partial charge in [0, 0.05) is 30.5 Å². The summed E-state index contributed by atoms with van der Waals surface area (Å²) in [6.45, 7) is 6.14. The van der Waals surface area contributed by atoms with Crippen LogP contribution in [0.15, 0.2) is 47.4 Å². The van der Waals surface area contributed by atoms with E-state index in [9.17, 15) is 13.2 Å². The number of sulfonamides is 1. The Morgan fingerprint density at radius 2 is 1.73 bits per heavy atom. The van der Waals surface area contributed by atoms with E-state index >= 15 is 0 Å². The number of ether oxygens (including phenoxy) is 1. The lowest BCUT2D eigenvalue weighted by Crippen LogP contribution is -2.37. The van der Waals surface area contributed by atoms with Gasteiger partial charge in [0.25, 0.3) is 15.9 Å². The molecule has 0 spiro atoms. The first kappa shape index (κ1) is 22.6. The van der Waals surface area contributed by atoms with Crippen molar-refractivity contribution in [3.63, 3.8) is 0 Å². The summed E-state index contributed by atoms with van der Waals surface area (Å²) in [6, 6.07) is 10.7. The average Bonchev–Trinajstić information content (AvgIpc) is 2.79. The number of nitrogens with one attached hydrogen (secondary N) is 2. The molecule has 0 atom stereocenters. The third kappa shape index (κ3) is 5.59. The molecule has 2 N–H and O–H groups in total. The molecule has 172 valence electrons. The van der Waals surface area contributed by atoms with Crippen molar-refractivity contribution < 1.29 is 17.9 Å². The summed E-state index contributed by atoms with van der Waals surface area (Å²) in [5.74, 6) is 0.894. The molecular formula is C21H23N7O4S. The zero-order valence-electron chi connectivity index (χ0n) is 18.1. The van der Waals surface area contributed by atoms with E-state index in [1.165, 1.54) is 24.3 Å². The minimum absolute atomic E-state index is 0.0315. The van der Waals surface area contributed by atoms with Gasteiger partial charge in [0.1, 0.15) is 11.6 Å². The lowest BCUT2D eigenvalue weighted by atomic mass is 10.3. The summed E-state index contributed by atoms with van der Waals surface area (Å²) >= 11 is 0. The Bertz CT molecular complexity index is 1220. The predicted molar refractivity (Wildman–Crippen MR) is 122 cm³/mol. The molecule has 33 heavy (non-hydrogen) atoms. The summed E-state index contributed by atoms with van der Waals surface area (Å²) in [5.41, 5.74) is 1.23. The molecule has 3 heterocycles. The number of amides is 1. The molecule has 12 heteroatoms. The van der Waals surface area contributed by atoms with Gasteiger partial charge in [0.15, 0.2) is 11.5 Å². The number of carbonyl (C=O) groups is 1. The largest absolute Gasteiger partial charge is 0.378 e. The number of aromatic nitrogens is 4. The molecule has 0 radical (unpaired) electrons. The molecule has 1 saturated heterocycles. The standard InChI is InChI=1S/C21H23N7O4S/c1-14-13-19(23-15(2)22-14)27-33(30,31)17-5-3-16(4-6-17)24-21(29)18-7-8-20(26-25-18)28-9-11-32-12-10-28/h3-8,13H,9-12H2,1-2H3,(H,24,29)(H,22,23,27). The summed E-state index contributed by atoms with van der Waals surface area (Å²) in [7, 11) is -3.85. The zero-order valence-corrected chi connectivity index (χ0v) is 19.0. The topological polar surface area (TPSA) is 139 Å². The van der Waals surface area contributed by atoms with Crippen LogP contribution in [0.4, 0.5) is 17.3 Å². The van der Waals surface area contributed by atoms with Crippen LogP contribution < -0.4 is 14.9 Å². The minimum Gasteiger partial charge on any atom is -0.378 e. The Balaban J connectivity index is 1.41. The number of aryl methyl sites for hydroxylation is 2. The van der Waals surface area contributed by atoms with Crippen LogP contribution in [0.5, 0.6) is 0 Å². The van der Waals surface area contributed by atoms with Gasteiger partial charge in [0.2, 0.25) is 0 Å². The molecule has 3 aromatic rings. The summed E-state index contributed by atoms with van der Waals surface area (Å²) in [6.07, 6.45) is 0. The Kier molecular flexibility index (Phi) is 6.47. The molecule has 1 fully saturated rings. The molecule has 0 aliphatic carbocycles. The Morgan fingerprint density at radius 3 is 2.36 bits per heavy atom. The molecular weight excluding hydrogens is 446 g/mol. The van der Waals surface area contributed by atoms with Crippen molar-refractivity contribution in [3.8, 4) is 0 Å². The first-order valence-electron chi connectivity index (χ1n) is 10.2. The van der Waals surface area contributed by atoms with Gasteiger partial charge in [-0.15, -0.1) is 10.2 Å². The maximum Gasteiger partial charge on any atom is 0.276 e. The average molecular weight is 470 g/mol. The van der Waals surface area contributed by atoms with Crippen molar-refractivity contribution >= 4 is 33.3 Å². The third-order valence-corrected chi connectivity index (χ3v) is 6.22. The monoisotopic (exact) mass is 469 g/mol. The second kappa shape index (κ2) is 9.46. The normalized spacial score (nSPS) is 14.1. The highest BCUT2D eigenvalue weighted by molar-refractivity contribution is 7.92. The highest BCUT2D eigenvalue weighted by Crippen LogP contribution is 2.18. The maximum absolute atomic E-state index is 12.7. The van der Waals surface area contributed by atoms with E-state index in [-0.39, 0.29) is 16.4 Å². The van der Waals surface area contributed by atoms with Crippen molar-refractivity contribution in [1.82, 2.24) is 20.2 Å². The number of carbonyl (C=O) groups excluding carboxylic acids is 1. The Hall–Kier alpha value is -3.64.